The second-order valence-corrected chi connectivity index (χ2v) is 7.18. The molecule has 7 heteroatoms. The smallest absolute Gasteiger partial charge is 0.418 e. The maximum absolute atomic E-state index is 9.75. The van der Waals surface area contributed by atoms with Crippen LogP contribution in [0.3, 0.4) is 0 Å². The van der Waals surface area contributed by atoms with Gasteiger partial charge in [-0.25, -0.2) is 9.13 Å². The first-order chi connectivity index (χ1) is 9.71. The Morgan fingerprint density at radius 1 is 0.909 bits per heavy atom. The molecule has 124 valence electrons. The van der Waals surface area contributed by atoms with E-state index < -0.39 is 7.25 Å². The molecule has 0 saturated carbocycles. The maximum Gasteiger partial charge on any atom is 0.673 e. The zero-order valence-corrected chi connectivity index (χ0v) is 13.9. The molecular formula is C15H23BF4N2. The topological polar surface area (TPSA) is 8.81 Å². The number of hydrogen-bond donors (Lipinski definition) is 0. The summed E-state index contributed by atoms with van der Waals surface area (Å²) in [7, 11) is -6.00. The first-order valence-corrected chi connectivity index (χ1v) is 7.11. The molecule has 0 unspecified atom stereocenters. The fraction of sp³-hybridized carbons (Fsp3) is 0.533. The molecule has 1 heterocycles. The minimum absolute atomic E-state index is 0.107. The minimum Gasteiger partial charge on any atom is -0.418 e. The van der Waals surface area contributed by atoms with Crippen LogP contribution in [0, 0.1) is 0 Å². The number of aromatic nitrogens is 2. The number of para-hydroxylation sites is 2. The maximum atomic E-state index is 9.75. The van der Waals surface area contributed by atoms with E-state index in [2.05, 4.69) is 81.3 Å². The summed E-state index contributed by atoms with van der Waals surface area (Å²) in [5, 5.41) is 0. The Balaban J connectivity index is 0.000000422. The van der Waals surface area contributed by atoms with E-state index in [1.165, 1.54) is 11.0 Å². The van der Waals surface area contributed by atoms with Crippen LogP contribution in [0.4, 0.5) is 17.3 Å². The summed E-state index contributed by atoms with van der Waals surface area (Å²) >= 11 is 0. The summed E-state index contributed by atoms with van der Waals surface area (Å²) in [6, 6.07) is 8.61. The number of fused-ring (bicyclic) bond motifs is 1. The van der Waals surface area contributed by atoms with Gasteiger partial charge in [-0.2, -0.15) is 0 Å². The summed E-state index contributed by atoms with van der Waals surface area (Å²) in [5.74, 6) is 0. The summed E-state index contributed by atoms with van der Waals surface area (Å²) in [6.07, 6.45) is 2.24. The van der Waals surface area contributed by atoms with Gasteiger partial charge in [0, 0.05) is 0 Å². The van der Waals surface area contributed by atoms with Crippen molar-refractivity contribution in [3.05, 3.63) is 30.6 Å². The van der Waals surface area contributed by atoms with Crippen molar-refractivity contribution in [2.75, 3.05) is 0 Å². The van der Waals surface area contributed by atoms with Gasteiger partial charge >= 0.3 is 7.25 Å². The van der Waals surface area contributed by atoms with E-state index in [0.717, 1.165) is 0 Å². The fourth-order valence-corrected chi connectivity index (χ4v) is 2.18. The Labute approximate surface area is 128 Å². The molecule has 0 aliphatic rings. The van der Waals surface area contributed by atoms with Gasteiger partial charge in [0.15, 0.2) is 11.0 Å². The highest BCUT2D eigenvalue weighted by molar-refractivity contribution is 6.50. The SMILES string of the molecule is CC(C)(C)n1c[n+](C(C)(C)C)c2ccccc21.F[B-](F)(F)F. The van der Waals surface area contributed by atoms with Gasteiger partial charge in [-0.1, -0.05) is 12.1 Å². The van der Waals surface area contributed by atoms with Gasteiger partial charge in [-0.05, 0) is 53.7 Å². The highest BCUT2D eigenvalue weighted by Crippen LogP contribution is 2.22. The Morgan fingerprint density at radius 2 is 1.36 bits per heavy atom. The first-order valence-electron chi connectivity index (χ1n) is 7.11. The molecule has 22 heavy (non-hydrogen) atoms. The van der Waals surface area contributed by atoms with Crippen LogP contribution in [0.1, 0.15) is 41.5 Å². The number of hydrogen-bond acceptors (Lipinski definition) is 0. The molecule has 1 aromatic heterocycles. The molecule has 2 nitrogen and oxygen atoms in total. The monoisotopic (exact) mass is 318 g/mol. The second kappa shape index (κ2) is 5.93. The fourth-order valence-electron chi connectivity index (χ4n) is 2.18. The van der Waals surface area contributed by atoms with E-state index in [9.17, 15) is 17.3 Å². The molecule has 0 aliphatic carbocycles. The van der Waals surface area contributed by atoms with Crippen molar-refractivity contribution in [2.24, 2.45) is 0 Å². The molecular weight excluding hydrogens is 295 g/mol. The lowest BCUT2D eigenvalue weighted by molar-refractivity contribution is -0.731. The van der Waals surface area contributed by atoms with E-state index in [1.54, 1.807) is 0 Å². The van der Waals surface area contributed by atoms with Crippen LogP contribution in [0.25, 0.3) is 11.0 Å². The van der Waals surface area contributed by atoms with Gasteiger partial charge in [0.05, 0.1) is 0 Å². The summed E-state index contributed by atoms with van der Waals surface area (Å²) in [4.78, 5) is 0. The van der Waals surface area contributed by atoms with Gasteiger partial charge in [-0.3, -0.25) is 0 Å². The molecule has 0 fully saturated rings. The lowest BCUT2D eigenvalue weighted by atomic mass is 10.1. The lowest BCUT2D eigenvalue weighted by Gasteiger charge is -2.16. The Kier molecular flexibility index (Phi) is 4.99. The van der Waals surface area contributed by atoms with Crippen molar-refractivity contribution in [3.8, 4) is 0 Å². The highest BCUT2D eigenvalue weighted by Gasteiger charge is 2.29. The average molecular weight is 318 g/mol. The van der Waals surface area contributed by atoms with E-state index in [4.69, 9.17) is 0 Å². The molecule has 0 saturated heterocycles. The van der Waals surface area contributed by atoms with Crippen molar-refractivity contribution in [2.45, 2.75) is 52.6 Å². The summed E-state index contributed by atoms with van der Waals surface area (Å²) in [5.41, 5.74) is 2.82. The first kappa shape index (κ1) is 18.5. The van der Waals surface area contributed by atoms with Crippen LogP contribution in [0.15, 0.2) is 30.6 Å². The number of imidazole rings is 1. The quantitative estimate of drug-likeness (QED) is 0.377. The van der Waals surface area contributed by atoms with Crippen molar-refractivity contribution < 1.29 is 21.8 Å². The van der Waals surface area contributed by atoms with Crippen LogP contribution in [0.5, 0.6) is 0 Å². The van der Waals surface area contributed by atoms with Gasteiger partial charge in [-0.15, -0.1) is 0 Å². The van der Waals surface area contributed by atoms with Crippen molar-refractivity contribution in [1.29, 1.82) is 0 Å². The predicted octanol–water partition coefficient (Wildman–Crippen LogP) is 4.74. The van der Waals surface area contributed by atoms with Crippen molar-refractivity contribution in [3.63, 3.8) is 0 Å². The van der Waals surface area contributed by atoms with Crippen LogP contribution in [-0.2, 0) is 11.1 Å². The van der Waals surface area contributed by atoms with Gasteiger partial charge in [0.25, 0.3) is 0 Å². The summed E-state index contributed by atoms with van der Waals surface area (Å²) < 4.78 is 43.7. The number of rotatable bonds is 0. The molecule has 0 spiro atoms. The largest absolute Gasteiger partial charge is 0.673 e. The van der Waals surface area contributed by atoms with Gasteiger partial charge in [0.2, 0.25) is 6.33 Å². The third-order valence-corrected chi connectivity index (χ3v) is 3.08. The zero-order valence-electron chi connectivity index (χ0n) is 13.9. The highest BCUT2D eigenvalue weighted by atomic mass is 19.5. The van der Waals surface area contributed by atoms with Crippen LogP contribution in [-0.4, -0.2) is 11.8 Å². The lowest BCUT2D eigenvalue weighted by Crippen LogP contribution is -2.49. The van der Waals surface area contributed by atoms with Crippen molar-refractivity contribution in [1.82, 2.24) is 4.57 Å². The van der Waals surface area contributed by atoms with Crippen LogP contribution < -0.4 is 4.57 Å². The number of nitrogens with zero attached hydrogens (tertiary/aromatic N) is 2. The Morgan fingerprint density at radius 3 is 1.77 bits per heavy atom. The Bertz CT molecular complexity index is 580. The third kappa shape index (κ3) is 5.03. The molecule has 0 radical (unpaired) electrons. The molecule has 2 aromatic rings. The zero-order chi connectivity index (χ0) is 17.3. The van der Waals surface area contributed by atoms with Crippen LogP contribution in [0.2, 0.25) is 0 Å². The number of halogens is 4. The number of benzene rings is 1. The minimum atomic E-state index is -6.00. The molecule has 2 rings (SSSR count). The van der Waals surface area contributed by atoms with Crippen molar-refractivity contribution >= 4 is 18.3 Å². The molecule has 0 bridgehead atoms. The molecule has 1 aromatic carbocycles. The predicted molar refractivity (Wildman–Crippen MR) is 82.3 cm³/mol. The Hall–Kier alpha value is -1.53. The van der Waals surface area contributed by atoms with Gasteiger partial charge in [0.1, 0.15) is 11.1 Å². The molecule has 0 N–H and O–H groups in total. The van der Waals surface area contributed by atoms with E-state index in [-0.39, 0.29) is 11.1 Å². The third-order valence-electron chi connectivity index (χ3n) is 3.08. The molecule has 0 amide bonds. The molecule has 0 atom stereocenters. The van der Waals surface area contributed by atoms with E-state index in [0.29, 0.717) is 0 Å². The van der Waals surface area contributed by atoms with Crippen LogP contribution >= 0.6 is 0 Å². The molecule has 0 aliphatic heterocycles. The van der Waals surface area contributed by atoms with E-state index >= 15 is 0 Å². The van der Waals surface area contributed by atoms with E-state index in [1.807, 2.05) is 0 Å². The average Bonchev–Trinajstić information content (AvgIpc) is 2.64. The summed E-state index contributed by atoms with van der Waals surface area (Å²) in [6.45, 7) is 13.5. The standard InChI is InChI=1S/C15H23N2.BF4/c1-14(2,3)16-11-17(15(4,5)6)13-10-8-7-9-12(13)16;2-1(3,4)5/h7-11H,1-6H3;/q+1;-1. The second-order valence-electron chi connectivity index (χ2n) is 7.18. The van der Waals surface area contributed by atoms with Gasteiger partial charge < -0.3 is 17.3 Å². The normalized spacial score (nSPS) is 13.0.